The highest BCUT2D eigenvalue weighted by molar-refractivity contribution is 7.88. The summed E-state index contributed by atoms with van der Waals surface area (Å²) in [6.45, 7) is 2.36. The molecule has 1 saturated heterocycles. The molecule has 9 heteroatoms. The van der Waals surface area contributed by atoms with E-state index in [-0.39, 0.29) is 12.4 Å². The van der Waals surface area contributed by atoms with Gasteiger partial charge in [-0.1, -0.05) is 0 Å². The maximum atomic E-state index is 11.3. The van der Waals surface area contributed by atoms with E-state index < -0.39 is 10.0 Å². The first kappa shape index (κ1) is 14.5. The van der Waals surface area contributed by atoms with Crippen LogP contribution in [-0.4, -0.2) is 50.1 Å². The van der Waals surface area contributed by atoms with Gasteiger partial charge in [-0.05, 0) is 0 Å². The second-order valence-electron chi connectivity index (χ2n) is 3.70. The van der Waals surface area contributed by atoms with Gasteiger partial charge in [0.1, 0.15) is 5.82 Å². The van der Waals surface area contributed by atoms with Crippen LogP contribution in [0.2, 0.25) is 0 Å². The summed E-state index contributed by atoms with van der Waals surface area (Å²) < 4.78 is 24.1. The fraction of sp³-hybridized carbons (Fsp3) is 0.625. The number of hydrogen-bond donors (Lipinski definition) is 1. The molecule has 1 aromatic heterocycles. The molecule has 1 aliphatic rings. The van der Waals surface area contributed by atoms with Crippen LogP contribution in [0.15, 0.2) is 5.38 Å². The second-order valence-corrected chi connectivity index (χ2v) is 6.52. The number of aromatic nitrogens is 1. The summed E-state index contributed by atoms with van der Waals surface area (Å²) in [7, 11) is -3.06. The summed E-state index contributed by atoms with van der Waals surface area (Å²) in [5.74, 6) is 0.519. The summed E-state index contributed by atoms with van der Waals surface area (Å²) in [5, 5.41) is 2.66. The first-order chi connectivity index (χ1) is 7.47. The van der Waals surface area contributed by atoms with Crippen molar-refractivity contribution in [1.29, 1.82) is 0 Å². The van der Waals surface area contributed by atoms with Crippen LogP contribution < -0.4 is 10.6 Å². The van der Waals surface area contributed by atoms with Crippen molar-refractivity contribution in [2.24, 2.45) is 0 Å². The fourth-order valence-corrected chi connectivity index (χ4v) is 3.23. The van der Waals surface area contributed by atoms with Gasteiger partial charge >= 0.3 is 0 Å². The van der Waals surface area contributed by atoms with Gasteiger partial charge in [-0.2, -0.15) is 4.31 Å². The van der Waals surface area contributed by atoms with Crippen LogP contribution in [0.5, 0.6) is 0 Å². The van der Waals surface area contributed by atoms with E-state index in [2.05, 4.69) is 9.88 Å². The van der Waals surface area contributed by atoms with Crippen molar-refractivity contribution in [3.05, 3.63) is 5.38 Å². The lowest BCUT2D eigenvalue weighted by atomic mass is 10.4. The number of thiazole rings is 1. The zero-order valence-electron chi connectivity index (χ0n) is 9.37. The number of hydrogen-bond acceptors (Lipinski definition) is 6. The first-order valence-electron chi connectivity index (χ1n) is 4.88. The number of rotatable bonds is 2. The average molecular weight is 299 g/mol. The molecule has 0 unspecified atom stereocenters. The van der Waals surface area contributed by atoms with Crippen LogP contribution in [0, 0.1) is 0 Å². The minimum absolute atomic E-state index is 0. The zero-order valence-corrected chi connectivity index (χ0v) is 11.8. The normalized spacial score (nSPS) is 17.8. The SMILES string of the molecule is CS(=O)(=O)N1CCN(c2nc(N)cs2)CC1.Cl. The Bertz CT molecular complexity index is 468. The summed E-state index contributed by atoms with van der Waals surface area (Å²) in [6, 6.07) is 0. The lowest BCUT2D eigenvalue weighted by Gasteiger charge is -2.32. The zero-order chi connectivity index (χ0) is 11.8. The minimum Gasteiger partial charge on any atom is -0.383 e. The van der Waals surface area contributed by atoms with E-state index >= 15 is 0 Å². The van der Waals surface area contributed by atoms with Crippen LogP contribution in [0.3, 0.4) is 0 Å². The van der Waals surface area contributed by atoms with Crippen molar-refractivity contribution >= 4 is 44.7 Å². The maximum Gasteiger partial charge on any atom is 0.211 e. The summed E-state index contributed by atoms with van der Waals surface area (Å²) in [6.07, 6.45) is 1.24. The summed E-state index contributed by atoms with van der Waals surface area (Å²) in [4.78, 5) is 6.23. The molecule has 0 aliphatic carbocycles. The topological polar surface area (TPSA) is 79.5 Å². The monoisotopic (exact) mass is 298 g/mol. The number of nitrogens with zero attached hydrogens (tertiary/aromatic N) is 3. The van der Waals surface area contributed by atoms with Crippen molar-refractivity contribution in [2.45, 2.75) is 0 Å². The molecule has 0 atom stereocenters. The molecule has 6 nitrogen and oxygen atoms in total. The van der Waals surface area contributed by atoms with Gasteiger partial charge in [-0.15, -0.1) is 23.7 Å². The van der Waals surface area contributed by atoms with E-state index in [9.17, 15) is 8.42 Å². The molecule has 2 heterocycles. The molecule has 98 valence electrons. The number of nitrogens with two attached hydrogens (primary N) is 1. The molecule has 0 bridgehead atoms. The first-order valence-corrected chi connectivity index (χ1v) is 7.61. The Balaban J connectivity index is 0.00000144. The third kappa shape index (κ3) is 3.44. The van der Waals surface area contributed by atoms with Crippen molar-refractivity contribution < 1.29 is 8.42 Å². The fourth-order valence-electron chi connectivity index (χ4n) is 1.63. The molecule has 0 radical (unpaired) electrons. The summed E-state index contributed by atoms with van der Waals surface area (Å²) in [5.41, 5.74) is 5.55. The number of sulfonamides is 1. The lowest BCUT2D eigenvalue weighted by molar-refractivity contribution is 0.388. The van der Waals surface area contributed by atoms with Gasteiger partial charge in [0.2, 0.25) is 10.0 Å². The van der Waals surface area contributed by atoms with Gasteiger partial charge in [0.25, 0.3) is 0 Å². The van der Waals surface area contributed by atoms with Gasteiger partial charge in [0.05, 0.1) is 6.26 Å². The maximum absolute atomic E-state index is 11.3. The van der Waals surface area contributed by atoms with Crippen LogP contribution in [-0.2, 0) is 10.0 Å². The molecule has 1 fully saturated rings. The highest BCUT2D eigenvalue weighted by Gasteiger charge is 2.24. The second kappa shape index (κ2) is 5.38. The molecule has 0 amide bonds. The van der Waals surface area contributed by atoms with Crippen molar-refractivity contribution in [1.82, 2.24) is 9.29 Å². The molecular weight excluding hydrogens is 284 g/mol. The standard InChI is InChI=1S/C8H14N4O2S2.ClH/c1-16(13,14)12-4-2-11(3-5-12)8-10-7(9)6-15-8;/h6H,2-5,9H2,1H3;1H. The quantitative estimate of drug-likeness (QED) is 0.845. The van der Waals surface area contributed by atoms with Crippen LogP contribution in [0.1, 0.15) is 0 Å². The van der Waals surface area contributed by atoms with E-state index in [0.717, 1.165) is 5.13 Å². The van der Waals surface area contributed by atoms with Crippen molar-refractivity contribution in [3.63, 3.8) is 0 Å². The molecule has 1 aromatic rings. The Labute approximate surface area is 111 Å². The van der Waals surface area contributed by atoms with Gasteiger partial charge in [0, 0.05) is 31.6 Å². The van der Waals surface area contributed by atoms with E-state index in [1.807, 2.05) is 0 Å². The Morgan fingerprint density at radius 2 is 1.94 bits per heavy atom. The molecule has 2 N–H and O–H groups in total. The van der Waals surface area contributed by atoms with Crippen LogP contribution >= 0.6 is 23.7 Å². The highest BCUT2D eigenvalue weighted by Crippen LogP contribution is 2.23. The lowest BCUT2D eigenvalue weighted by Crippen LogP contribution is -2.48. The van der Waals surface area contributed by atoms with Gasteiger partial charge in [-0.25, -0.2) is 13.4 Å². The predicted molar refractivity (Wildman–Crippen MR) is 72.4 cm³/mol. The van der Waals surface area contributed by atoms with Gasteiger partial charge < -0.3 is 10.6 Å². The Morgan fingerprint density at radius 1 is 1.35 bits per heavy atom. The Hall–Kier alpha value is -0.570. The van der Waals surface area contributed by atoms with Crippen LogP contribution in [0.25, 0.3) is 0 Å². The van der Waals surface area contributed by atoms with Crippen molar-refractivity contribution in [2.75, 3.05) is 43.1 Å². The van der Waals surface area contributed by atoms with E-state index in [1.54, 1.807) is 5.38 Å². The predicted octanol–water partition coefficient (Wildman–Crippen LogP) is 0.229. The molecular formula is C8H15ClN4O2S2. The number of halogens is 1. The molecule has 0 spiro atoms. The minimum atomic E-state index is -3.06. The number of nitrogen functional groups attached to an aromatic ring is 1. The van der Waals surface area contributed by atoms with Gasteiger partial charge in [0.15, 0.2) is 5.13 Å². The molecule has 0 aromatic carbocycles. The third-order valence-electron chi connectivity index (χ3n) is 2.49. The van der Waals surface area contributed by atoms with Gasteiger partial charge in [-0.3, -0.25) is 0 Å². The summed E-state index contributed by atoms with van der Waals surface area (Å²) >= 11 is 1.49. The van der Waals surface area contributed by atoms with E-state index in [0.29, 0.717) is 32.0 Å². The Kier molecular flexibility index (Phi) is 4.59. The van der Waals surface area contributed by atoms with Crippen LogP contribution in [0.4, 0.5) is 10.9 Å². The molecule has 17 heavy (non-hydrogen) atoms. The molecule has 2 rings (SSSR count). The largest absolute Gasteiger partial charge is 0.383 e. The Morgan fingerprint density at radius 3 is 2.35 bits per heavy atom. The number of piperazine rings is 1. The molecule has 1 aliphatic heterocycles. The smallest absolute Gasteiger partial charge is 0.211 e. The molecule has 0 saturated carbocycles. The van der Waals surface area contributed by atoms with Crippen molar-refractivity contribution in [3.8, 4) is 0 Å². The van der Waals surface area contributed by atoms with E-state index in [4.69, 9.17) is 5.73 Å². The third-order valence-corrected chi connectivity index (χ3v) is 4.71. The van der Waals surface area contributed by atoms with E-state index in [1.165, 1.54) is 21.9 Å². The highest BCUT2D eigenvalue weighted by atomic mass is 35.5. The average Bonchev–Trinajstić information content (AvgIpc) is 2.64. The number of anilines is 2.